The number of hydrogen-bond acceptors (Lipinski definition) is 3. The predicted molar refractivity (Wildman–Crippen MR) is 83.7 cm³/mol. The van der Waals surface area contributed by atoms with E-state index in [-0.39, 0.29) is 0 Å². The molecule has 1 N–H and O–H groups in total. The van der Waals surface area contributed by atoms with Gasteiger partial charge in [0, 0.05) is 31.5 Å². The Kier molecular flexibility index (Phi) is 4.56. The molecular formula is C17H27N3. The normalized spacial score (nSPS) is 27.1. The van der Waals surface area contributed by atoms with Gasteiger partial charge in [0.05, 0.1) is 5.69 Å². The monoisotopic (exact) mass is 273 g/mol. The molecule has 0 amide bonds. The van der Waals surface area contributed by atoms with Gasteiger partial charge < -0.3 is 5.32 Å². The fourth-order valence-electron chi connectivity index (χ4n) is 3.93. The summed E-state index contributed by atoms with van der Waals surface area (Å²) in [5.41, 5.74) is 2.41. The van der Waals surface area contributed by atoms with E-state index in [0.29, 0.717) is 0 Å². The molecule has 20 heavy (non-hydrogen) atoms. The maximum Gasteiger partial charge on any atom is 0.0564 e. The third-order valence-corrected chi connectivity index (χ3v) is 4.96. The van der Waals surface area contributed by atoms with E-state index < -0.39 is 0 Å². The number of nitrogens with one attached hydrogen (secondary N) is 1. The first-order chi connectivity index (χ1) is 9.85. The number of nitrogens with zero attached hydrogens (tertiary/aromatic N) is 2. The summed E-state index contributed by atoms with van der Waals surface area (Å²) in [7, 11) is 0. The molecule has 3 heteroatoms. The smallest absolute Gasteiger partial charge is 0.0564 e. The van der Waals surface area contributed by atoms with Gasteiger partial charge in [-0.3, -0.25) is 9.88 Å². The molecule has 110 valence electrons. The van der Waals surface area contributed by atoms with Gasteiger partial charge in [-0.05, 0) is 50.3 Å². The highest BCUT2D eigenvalue weighted by Gasteiger charge is 2.30. The number of likely N-dealkylation sites (tertiary alicyclic amines) is 1. The van der Waals surface area contributed by atoms with Crippen LogP contribution in [0.5, 0.6) is 0 Å². The number of hydrogen-bond donors (Lipinski definition) is 1. The summed E-state index contributed by atoms with van der Waals surface area (Å²) >= 11 is 0. The summed E-state index contributed by atoms with van der Waals surface area (Å²) < 4.78 is 0. The van der Waals surface area contributed by atoms with Crippen LogP contribution in [0.2, 0.25) is 0 Å². The third-order valence-electron chi connectivity index (χ3n) is 4.96. The van der Waals surface area contributed by atoms with Crippen LogP contribution in [0.25, 0.3) is 0 Å². The van der Waals surface area contributed by atoms with Crippen LogP contribution in [0, 0.1) is 11.8 Å². The van der Waals surface area contributed by atoms with E-state index in [2.05, 4.69) is 34.3 Å². The van der Waals surface area contributed by atoms with Crippen molar-refractivity contribution in [1.82, 2.24) is 9.88 Å². The maximum absolute atomic E-state index is 4.54. The van der Waals surface area contributed by atoms with E-state index >= 15 is 0 Å². The molecule has 1 aliphatic heterocycles. The lowest BCUT2D eigenvalue weighted by Crippen LogP contribution is -2.41. The van der Waals surface area contributed by atoms with Gasteiger partial charge in [0.25, 0.3) is 0 Å². The van der Waals surface area contributed by atoms with E-state index in [1.165, 1.54) is 56.6 Å². The minimum absolute atomic E-state index is 0.953. The summed E-state index contributed by atoms with van der Waals surface area (Å²) in [5.74, 6) is 1.97. The zero-order valence-corrected chi connectivity index (χ0v) is 12.6. The summed E-state index contributed by atoms with van der Waals surface area (Å²) in [6.45, 7) is 6.67. The summed E-state index contributed by atoms with van der Waals surface area (Å²) in [5, 5.41) is 3.37. The average molecular weight is 273 g/mol. The molecule has 0 spiro atoms. The second-order valence-corrected chi connectivity index (χ2v) is 6.39. The fourth-order valence-corrected chi connectivity index (χ4v) is 3.93. The highest BCUT2D eigenvalue weighted by Crippen LogP contribution is 2.36. The summed E-state index contributed by atoms with van der Waals surface area (Å²) in [6, 6.07) is 4.26. The second-order valence-electron chi connectivity index (χ2n) is 6.39. The topological polar surface area (TPSA) is 28.2 Å². The number of anilines is 1. The van der Waals surface area contributed by atoms with E-state index in [1.807, 2.05) is 6.20 Å². The fraction of sp³-hybridized carbons (Fsp3) is 0.706. The first-order valence-electron chi connectivity index (χ1n) is 8.26. The van der Waals surface area contributed by atoms with E-state index in [1.54, 1.807) is 0 Å². The van der Waals surface area contributed by atoms with Crippen LogP contribution in [0.1, 0.15) is 44.7 Å². The lowest BCUT2D eigenvalue weighted by atomic mass is 9.75. The highest BCUT2D eigenvalue weighted by atomic mass is 15.1. The summed E-state index contributed by atoms with van der Waals surface area (Å²) in [4.78, 5) is 7.15. The molecule has 2 heterocycles. The molecular weight excluding hydrogens is 246 g/mol. The third kappa shape index (κ3) is 3.32. The first-order valence-corrected chi connectivity index (χ1v) is 8.26. The largest absolute Gasteiger partial charge is 0.385 e. The van der Waals surface area contributed by atoms with Crippen LogP contribution in [0.15, 0.2) is 18.3 Å². The zero-order chi connectivity index (χ0) is 13.8. The van der Waals surface area contributed by atoms with Crippen LogP contribution in [-0.2, 0) is 6.54 Å². The zero-order valence-electron chi connectivity index (χ0n) is 12.6. The first kappa shape index (κ1) is 13.9. The lowest BCUT2D eigenvalue weighted by molar-refractivity contribution is 0.0812. The van der Waals surface area contributed by atoms with Crippen LogP contribution in [-0.4, -0.2) is 29.5 Å². The molecule has 1 saturated carbocycles. The predicted octanol–water partition coefficient (Wildman–Crippen LogP) is 3.53. The van der Waals surface area contributed by atoms with Crippen molar-refractivity contribution in [3.63, 3.8) is 0 Å². The molecule has 0 bridgehead atoms. The minimum atomic E-state index is 0.953. The summed E-state index contributed by atoms with van der Waals surface area (Å²) in [6.07, 6.45) is 9.17. The molecule has 2 aliphatic rings. The van der Waals surface area contributed by atoms with Crippen molar-refractivity contribution in [3.8, 4) is 0 Å². The molecule has 1 saturated heterocycles. The minimum Gasteiger partial charge on any atom is -0.385 e. The Morgan fingerprint density at radius 2 is 2.10 bits per heavy atom. The number of pyridine rings is 1. The van der Waals surface area contributed by atoms with Crippen LogP contribution < -0.4 is 5.32 Å². The van der Waals surface area contributed by atoms with Gasteiger partial charge in [-0.2, -0.15) is 0 Å². The van der Waals surface area contributed by atoms with Gasteiger partial charge in [0.15, 0.2) is 0 Å². The van der Waals surface area contributed by atoms with Crippen molar-refractivity contribution in [2.75, 3.05) is 25.0 Å². The second kappa shape index (κ2) is 6.57. The van der Waals surface area contributed by atoms with Crippen molar-refractivity contribution in [2.24, 2.45) is 11.8 Å². The maximum atomic E-state index is 4.54. The average Bonchev–Trinajstić information content (AvgIpc) is 2.48. The van der Waals surface area contributed by atoms with Crippen LogP contribution in [0.4, 0.5) is 5.69 Å². The van der Waals surface area contributed by atoms with Crippen LogP contribution >= 0.6 is 0 Å². The van der Waals surface area contributed by atoms with Crippen molar-refractivity contribution in [1.29, 1.82) is 0 Å². The standard InChI is InChI=1S/C17H27N3/c1-2-18-16-7-9-19-17(11-16)13-20-10-8-14-5-3-4-6-15(14)12-20/h7,9,11,14-15H,2-6,8,10,12-13H2,1H3,(H,18,19). The molecule has 3 rings (SSSR count). The van der Waals surface area contributed by atoms with Gasteiger partial charge in [-0.15, -0.1) is 0 Å². The molecule has 2 unspecified atom stereocenters. The Morgan fingerprint density at radius 3 is 2.95 bits per heavy atom. The molecule has 2 fully saturated rings. The van der Waals surface area contributed by atoms with Gasteiger partial charge in [-0.1, -0.05) is 19.3 Å². The number of aromatic nitrogens is 1. The van der Waals surface area contributed by atoms with E-state index in [9.17, 15) is 0 Å². The highest BCUT2D eigenvalue weighted by molar-refractivity contribution is 5.42. The number of piperidine rings is 1. The van der Waals surface area contributed by atoms with Crippen molar-refractivity contribution in [2.45, 2.75) is 45.6 Å². The Labute approximate surface area is 122 Å². The Morgan fingerprint density at radius 1 is 1.25 bits per heavy atom. The lowest BCUT2D eigenvalue weighted by Gasteiger charge is -2.41. The van der Waals surface area contributed by atoms with Crippen molar-refractivity contribution < 1.29 is 0 Å². The molecule has 1 aromatic heterocycles. The molecule has 0 aromatic carbocycles. The Bertz CT molecular complexity index is 432. The van der Waals surface area contributed by atoms with Gasteiger partial charge in [-0.25, -0.2) is 0 Å². The molecule has 1 aliphatic carbocycles. The van der Waals surface area contributed by atoms with Gasteiger partial charge >= 0.3 is 0 Å². The number of rotatable bonds is 4. The van der Waals surface area contributed by atoms with E-state index in [0.717, 1.165) is 24.9 Å². The van der Waals surface area contributed by atoms with Gasteiger partial charge in [0.2, 0.25) is 0 Å². The molecule has 0 radical (unpaired) electrons. The van der Waals surface area contributed by atoms with Crippen molar-refractivity contribution >= 4 is 5.69 Å². The molecule has 1 aromatic rings. The van der Waals surface area contributed by atoms with Gasteiger partial charge in [0.1, 0.15) is 0 Å². The van der Waals surface area contributed by atoms with E-state index in [4.69, 9.17) is 0 Å². The van der Waals surface area contributed by atoms with Crippen LogP contribution in [0.3, 0.4) is 0 Å². The van der Waals surface area contributed by atoms with Crippen molar-refractivity contribution in [3.05, 3.63) is 24.0 Å². The Hall–Kier alpha value is -1.09. The Balaban J connectivity index is 1.59. The molecule has 3 nitrogen and oxygen atoms in total. The molecule has 2 atom stereocenters. The number of fused-ring (bicyclic) bond motifs is 1. The quantitative estimate of drug-likeness (QED) is 0.909. The SMILES string of the molecule is CCNc1ccnc(CN2CCC3CCCCC3C2)c1.